The molecular formula is C29H36N4O5S. The van der Waals surface area contributed by atoms with Gasteiger partial charge in [0.2, 0.25) is 15.9 Å². The molecule has 1 saturated carbocycles. The highest BCUT2D eigenvalue weighted by Gasteiger charge is 2.33. The summed E-state index contributed by atoms with van der Waals surface area (Å²) >= 11 is 0. The third kappa shape index (κ3) is 5.80. The van der Waals surface area contributed by atoms with Gasteiger partial charge in [0.1, 0.15) is 5.82 Å². The Balaban J connectivity index is 1.50. The van der Waals surface area contributed by atoms with Gasteiger partial charge < -0.3 is 14.2 Å². The monoisotopic (exact) mass is 552 g/mol. The van der Waals surface area contributed by atoms with Crippen LogP contribution in [0.2, 0.25) is 0 Å². The summed E-state index contributed by atoms with van der Waals surface area (Å²) in [4.78, 5) is 31.8. The Kier molecular flexibility index (Phi) is 7.66. The molecule has 5 rings (SSSR count). The van der Waals surface area contributed by atoms with Crippen LogP contribution in [0.1, 0.15) is 67.1 Å². The van der Waals surface area contributed by atoms with Crippen LogP contribution in [0, 0.1) is 5.92 Å². The fraction of sp³-hybridized carbons (Fsp3) is 0.483. The number of rotatable bonds is 6. The number of aromatic nitrogens is 2. The first-order chi connectivity index (χ1) is 18.6. The first-order valence-electron chi connectivity index (χ1n) is 13.6. The minimum atomic E-state index is -3.58. The zero-order chi connectivity index (χ0) is 27.7. The predicted octanol–water partition coefficient (Wildman–Crippen LogP) is 4.31. The minimum absolute atomic E-state index is 0.136. The van der Waals surface area contributed by atoms with Crippen LogP contribution in [-0.4, -0.2) is 54.8 Å². The summed E-state index contributed by atoms with van der Waals surface area (Å²) in [6.07, 6.45) is 4.99. The van der Waals surface area contributed by atoms with Crippen molar-refractivity contribution in [3.05, 3.63) is 65.0 Å². The topological polar surface area (TPSA) is 111 Å². The molecule has 2 amide bonds. The largest absolute Gasteiger partial charge is 0.453 e. The molecule has 208 valence electrons. The molecule has 1 aliphatic carbocycles. The number of carbonyl (C=O) groups excluding carboxylic acids is 2. The molecule has 0 bridgehead atoms. The molecule has 9 nitrogen and oxygen atoms in total. The number of imidazole rings is 1. The summed E-state index contributed by atoms with van der Waals surface area (Å²) in [6, 6.07) is 14.8. The van der Waals surface area contributed by atoms with Crippen molar-refractivity contribution in [3.8, 4) is 0 Å². The predicted molar refractivity (Wildman–Crippen MR) is 149 cm³/mol. The quantitative estimate of drug-likeness (QED) is 0.488. The van der Waals surface area contributed by atoms with Gasteiger partial charge >= 0.3 is 6.09 Å². The van der Waals surface area contributed by atoms with Crippen molar-refractivity contribution in [2.75, 3.05) is 19.9 Å². The fourth-order valence-electron chi connectivity index (χ4n) is 6.18. The number of nitrogens with zero attached hydrogens (tertiary/aromatic N) is 3. The lowest BCUT2D eigenvalue weighted by molar-refractivity contribution is -0.124. The number of nitrogens with one attached hydrogen (secondary N) is 1. The molecule has 1 atom stereocenters. The molecule has 1 aromatic heterocycles. The van der Waals surface area contributed by atoms with E-state index in [0.29, 0.717) is 25.9 Å². The summed E-state index contributed by atoms with van der Waals surface area (Å²) in [5, 5.41) is 0. The van der Waals surface area contributed by atoms with Crippen molar-refractivity contribution >= 4 is 33.1 Å². The molecule has 2 aromatic carbocycles. The van der Waals surface area contributed by atoms with Crippen molar-refractivity contribution < 1.29 is 22.7 Å². The van der Waals surface area contributed by atoms with Gasteiger partial charge in [-0.2, -0.15) is 0 Å². The molecule has 10 heteroatoms. The van der Waals surface area contributed by atoms with E-state index in [1.807, 2.05) is 6.07 Å². The first-order valence-corrected chi connectivity index (χ1v) is 15.4. The number of fused-ring (bicyclic) bond motifs is 3. The molecular weight excluding hydrogens is 516 g/mol. The average Bonchev–Trinajstić information content (AvgIpc) is 3.32. The Hall–Kier alpha value is -3.40. The zero-order valence-electron chi connectivity index (χ0n) is 22.7. The molecule has 0 radical (unpaired) electrons. The van der Waals surface area contributed by atoms with Crippen LogP contribution in [0.15, 0.2) is 42.5 Å². The molecule has 2 aliphatic rings. The number of hydrogen-bond donors (Lipinski definition) is 1. The molecule has 1 fully saturated rings. The highest BCUT2D eigenvalue weighted by Crippen LogP contribution is 2.40. The number of methoxy groups -OCH3 is 1. The van der Waals surface area contributed by atoms with E-state index in [4.69, 9.17) is 9.72 Å². The third-order valence-electron chi connectivity index (χ3n) is 8.09. The Labute approximate surface area is 229 Å². The number of carbonyl (C=O) groups is 2. The van der Waals surface area contributed by atoms with Gasteiger partial charge in [-0.25, -0.2) is 18.2 Å². The summed E-state index contributed by atoms with van der Waals surface area (Å²) < 4.78 is 32.6. The second kappa shape index (κ2) is 11.0. The lowest BCUT2D eigenvalue weighted by Gasteiger charge is -2.29. The zero-order valence-corrected chi connectivity index (χ0v) is 23.5. The van der Waals surface area contributed by atoms with Gasteiger partial charge in [-0.1, -0.05) is 36.4 Å². The van der Waals surface area contributed by atoms with Crippen molar-refractivity contribution in [1.29, 1.82) is 0 Å². The molecule has 0 unspecified atom stereocenters. The van der Waals surface area contributed by atoms with E-state index in [0.717, 1.165) is 54.4 Å². The average molecular weight is 553 g/mol. The molecule has 0 saturated heterocycles. The molecule has 1 N–H and O–H groups in total. The lowest BCUT2D eigenvalue weighted by Crippen LogP contribution is -2.36. The smallest absolute Gasteiger partial charge is 0.409 e. The highest BCUT2D eigenvalue weighted by molar-refractivity contribution is 7.89. The molecule has 3 aromatic rings. The SMILES string of the molecule is COC(=O)N1CCc2ccc3c(nc(C4CCC(C(=O)NS(C)(=O)=O)CC4)n3[C@H](C)Cc3ccccc3)c2C1. The summed E-state index contributed by atoms with van der Waals surface area (Å²) in [5.74, 6) is 0.406. The number of benzene rings is 2. The van der Waals surface area contributed by atoms with Crippen LogP contribution < -0.4 is 4.72 Å². The van der Waals surface area contributed by atoms with Gasteiger partial charge in [-0.3, -0.25) is 9.52 Å². The maximum Gasteiger partial charge on any atom is 0.409 e. The van der Waals surface area contributed by atoms with Crippen molar-refractivity contribution in [1.82, 2.24) is 19.2 Å². The van der Waals surface area contributed by atoms with Gasteiger partial charge in [0, 0.05) is 30.0 Å². The summed E-state index contributed by atoms with van der Waals surface area (Å²) in [7, 11) is -2.17. The molecule has 39 heavy (non-hydrogen) atoms. The van der Waals surface area contributed by atoms with Gasteiger partial charge in [-0.15, -0.1) is 0 Å². The lowest BCUT2D eigenvalue weighted by atomic mass is 9.81. The minimum Gasteiger partial charge on any atom is -0.453 e. The van der Waals surface area contributed by atoms with Crippen molar-refractivity contribution in [2.24, 2.45) is 5.92 Å². The molecule has 2 heterocycles. The van der Waals surface area contributed by atoms with E-state index in [1.165, 1.54) is 18.2 Å². The Morgan fingerprint density at radius 1 is 1.10 bits per heavy atom. The summed E-state index contributed by atoms with van der Waals surface area (Å²) in [5.41, 5.74) is 5.49. The van der Waals surface area contributed by atoms with Gasteiger partial charge in [0.15, 0.2) is 0 Å². The van der Waals surface area contributed by atoms with E-state index in [2.05, 4.69) is 52.6 Å². The Bertz CT molecular complexity index is 1480. The maximum atomic E-state index is 12.5. The normalized spacial score (nSPS) is 20.3. The van der Waals surface area contributed by atoms with Crippen LogP contribution in [0.4, 0.5) is 4.79 Å². The van der Waals surface area contributed by atoms with E-state index >= 15 is 0 Å². The first kappa shape index (κ1) is 27.2. The van der Waals surface area contributed by atoms with Crippen molar-refractivity contribution in [3.63, 3.8) is 0 Å². The number of sulfonamides is 1. The standard InChI is InChI=1S/C29H36N4O5S/c1-19(17-20-7-5-4-6-8-20)33-25-14-13-21-15-16-32(29(35)38-2)18-24(21)26(25)30-27(33)22-9-11-23(12-10-22)28(34)31-39(3,36)37/h4-8,13-14,19,22-23H,9-12,15-18H2,1-3H3,(H,31,34)/t19-,22?,23?/m1/s1. The van der Waals surface area contributed by atoms with Gasteiger partial charge in [0.05, 0.1) is 30.9 Å². The number of amides is 2. The van der Waals surface area contributed by atoms with Crippen LogP contribution in [0.5, 0.6) is 0 Å². The summed E-state index contributed by atoms with van der Waals surface area (Å²) in [6.45, 7) is 3.28. The fourth-order valence-corrected chi connectivity index (χ4v) is 6.71. The van der Waals surface area contributed by atoms with Crippen LogP contribution in [0.25, 0.3) is 11.0 Å². The Morgan fingerprint density at radius 3 is 2.49 bits per heavy atom. The number of ether oxygens (including phenoxy) is 1. The van der Waals surface area contributed by atoms with E-state index in [9.17, 15) is 18.0 Å². The van der Waals surface area contributed by atoms with Crippen LogP contribution in [0.3, 0.4) is 0 Å². The van der Waals surface area contributed by atoms with Crippen LogP contribution in [-0.2, 0) is 38.9 Å². The Morgan fingerprint density at radius 2 is 1.82 bits per heavy atom. The second-order valence-corrected chi connectivity index (χ2v) is 12.6. The van der Waals surface area contributed by atoms with Gasteiger partial charge in [0.25, 0.3) is 0 Å². The molecule has 1 aliphatic heterocycles. The van der Waals surface area contributed by atoms with Crippen LogP contribution >= 0.6 is 0 Å². The van der Waals surface area contributed by atoms with E-state index in [1.54, 1.807) is 4.90 Å². The van der Waals surface area contributed by atoms with E-state index in [-0.39, 0.29) is 24.0 Å². The second-order valence-electron chi connectivity index (χ2n) is 10.9. The van der Waals surface area contributed by atoms with Crippen molar-refractivity contribution in [2.45, 2.75) is 64.0 Å². The maximum absolute atomic E-state index is 12.5. The molecule has 0 spiro atoms. The third-order valence-corrected chi connectivity index (χ3v) is 8.66. The van der Waals surface area contributed by atoms with E-state index < -0.39 is 15.9 Å². The number of hydrogen-bond acceptors (Lipinski definition) is 6. The highest BCUT2D eigenvalue weighted by atomic mass is 32.2. The van der Waals surface area contributed by atoms with Gasteiger partial charge in [-0.05, 0) is 62.6 Å².